The smallest absolute Gasteiger partial charge is 0.129 e. The largest absolute Gasteiger partial charge is 0.378 e. The highest BCUT2D eigenvalue weighted by Gasteiger charge is 2.20. The molecule has 2 aromatic rings. The highest BCUT2D eigenvalue weighted by atomic mass is 16.5. The molecule has 0 radical (unpaired) electrons. The van der Waals surface area contributed by atoms with Crippen molar-refractivity contribution in [1.29, 1.82) is 0 Å². The monoisotopic (exact) mass is 256 g/mol. The summed E-state index contributed by atoms with van der Waals surface area (Å²) in [6.07, 6.45) is 2.44. The summed E-state index contributed by atoms with van der Waals surface area (Å²) < 4.78 is 5.59. The average Bonchev–Trinajstić information content (AvgIpc) is 2.40. The van der Waals surface area contributed by atoms with Gasteiger partial charge in [-0.3, -0.25) is 0 Å². The van der Waals surface area contributed by atoms with Crippen LogP contribution >= 0.6 is 0 Å². The molecule has 2 heterocycles. The van der Waals surface area contributed by atoms with E-state index in [-0.39, 0.29) is 0 Å². The predicted molar refractivity (Wildman–Crippen MR) is 78.5 cm³/mol. The quantitative estimate of drug-likeness (QED) is 0.892. The molecule has 1 aliphatic rings. The Balaban J connectivity index is 1.85. The zero-order valence-corrected chi connectivity index (χ0v) is 11.5. The lowest BCUT2D eigenvalue weighted by Gasteiger charge is -2.28. The van der Waals surface area contributed by atoms with Gasteiger partial charge in [0, 0.05) is 18.0 Å². The molecular formula is C16H20N2O. The molecule has 0 amide bonds. The summed E-state index contributed by atoms with van der Waals surface area (Å²) in [5.41, 5.74) is 2.26. The topological polar surface area (TPSA) is 34.2 Å². The summed E-state index contributed by atoms with van der Waals surface area (Å²) in [6.45, 7) is 5.09. The van der Waals surface area contributed by atoms with Crippen molar-refractivity contribution in [3.05, 3.63) is 35.9 Å². The Bertz CT molecular complexity index is 582. The summed E-state index contributed by atoms with van der Waals surface area (Å²) in [4.78, 5) is 4.74. The van der Waals surface area contributed by atoms with Crippen LogP contribution in [0, 0.1) is 6.92 Å². The first kappa shape index (κ1) is 12.4. The van der Waals surface area contributed by atoms with E-state index in [0.29, 0.717) is 12.1 Å². The molecule has 1 aromatic heterocycles. The van der Waals surface area contributed by atoms with Crippen molar-refractivity contribution in [2.45, 2.75) is 38.8 Å². The van der Waals surface area contributed by atoms with Crippen LogP contribution in [0.25, 0.3) is 10.9 Å². The van der Waals surface area contributed by atoms with Gasteiger partial charge in [-0.25, -0.2) is 4.98 Å². The lowest BCUT2D eigenvalue weighted by Crippen LogP contribution is -2.33. The average molecular weight is 256 g/mol. The molecule has 1 N–H and O–H groups in total. The lowest BCUT2D eigenvalue weighted by atomic mass is 10.0. The fourth-order valence-corrected chi connectivity index (χ4v) is 2.69. The van der Waals surface area contributed by atoms with E-state index in [9.17, 15) is 0 Å². The van der Waals surface area contributed by atoms with Crippen LogP contribution in [0.5, 0.6) is 0 Å². The molecule has 3 rings (SSSR count). The number of hydrogen-bond acceptors (Lipinski definition) is 3. The first-order valence-electron chi connectivity index (χ1n) is 6.97. The van der Waals surface area contributed by atoms with Gasteiger partial charge >= 0.3 is 0 Å². The van der Waals surface area contributed by atoms with Gasteiger partial charge in [0.15, 0.2) is 0 Å². The van der Waals surface area contributed by atoms with E-state index in [1.807, 2.05) is 6.07 Å². The molecule has 0 bridgehead atoms. The molecule has 1 saturated heterocycles. The Morgan fingerprint density at radius 3 is 3.00 bits per heavy atom. The number of aromatic nitrogens is 1. The predicted octanol–water partition coefficient (Wildman–Crippen LogP) is 3.52. The number of nitrogens with zero attached hydrogens (tertiary/aromatic N) is 1. The summed E-state index contributed by atoms with van der Waals surface area (Å²) in [5, 5.41) is 4.78. The molecule has 0 saturated carbocycles. The van der Waals surface area contributed by atoms with Crippen LogP contribution in [0.1, 0.15) is 25.3 Å². The second-order valence-electron chi connectivity index (χ2n) is 5.39. The van der Waals surface area contributed by atoms with Crippen LogP contribution in [0.3, 0.4) is 0 Å². The number of aryl methyl sites for hydroxylation is 1. The van der Waals surface area contributed by atoms with Crippen LogP contribution in [-0.2, 0) is 4.74 Å². The van der Waals surface area contributed by atoms with Gasteiger partial charge in [-0.2, -0.15) is 0 Å². The summed E-state index contributed by atoms with van der Waals surface area (Å²) >= 11 is 0. The van der Waals surface area contributed by atoms with Crippen molar-refractivity contribution in [2.75, 3.05) is 11.9 Å². The Morgan fingerprint density at radius 2 is 2.16 bits per heavy atom. The molecule has 1 fully saturated rings. The van der Waals surface area contributed by atoms with Crippen LogP contribution in [0.15, 0.2) is 30.3 Å². The van der Waals surface area contributed by atoms with E-state index < -0.39 is 0 Å². The van der Waals surface area contributed by atoms with Crippen LogP contribution in [0.2, 0.25) is 0 Å². The van der Waals surface area contributed by atoms with Gasteiger partial charge in [0.05, 0.1) is 11.6 Å². The Morgan fingerprint density at radius 1 is 1.32 bits per heavy atom. The van der Waals surface area contributed by atoms with E-state index in [1.54, 1.807) is 0 Å². The second-order valence-corrected chi connectivity index (χ2v) is 5.39. The molecule has 19 heavy (non-hydrogen) atoms. The molecule has 3 heteroatoms. The molecule has 2 unspecified atom stereocenters. The molecule has 3 nitrogen and oxygen atoms in total. The van der Waals surface area contributed by atoms with E-state index >= 15 is 0 Å². The van der Waals surface area contributed by atoms with Crippen LogP contribution < -0.4 is 5.32 Å². The number of ether oxygens (including phenoxy) is 1. The Kier molecular flexibility index (Phi) is 3.38. The number of rotatable bonds is 2. The zero-order chi connectivity index (χ0) is 13.2. The van der Waals surface area contributed by atoms with Gasteiger partial charge in [-0.15, -0.1) is 0 Å². The maximum atomic E-state index is 5.59. The van der Waals surface area contributed by atoms with Gasteiger partial charge in [0.2, 0.25) is 0 Å². The zero-order valence-electron chi connectivity index (χ0n) is 11.5. The standard InChI is InChI=1S/C16H20N2O/c1-11-9-13-5-3-4-6-15(13)18-16(11)17-14-7-8-19-12(2)10-14/h3-6,9,12,14H,7-8,10H2,1-2H3,(H,17,18). The first-order chi connectivity index (χ1) is 9.22. The summed E-state index contributed by atoms with van der Waals surface area (Å²) in [7, 11) is 0. The molecule has 0 aliphatic carbocycles. The van der Waals surface area contributed by atoms with Gasteiger partial charge in [-0.1, -0.05) is 18.2 Å². The number of fused-ring (bicyclic) bond motifs is 1. The normalized spacial score (nSPS) is 23.5. The summed E-state index contributed by atoms with van der Waals surface area (Å²) in [6, 6.07) is 10.9. The maximum Gasteiger partial charge on any atom is 0.129 e. The first-order valence-corrected chi connectivity index (χ1v) is 6.97. The third kappa shape index (κ3) is 2.71. The Labute approximate surface area is 114 Å². The van der Waals surface area contributed by atoms with Crippen molar-refractivity contribution in [3.63, 3.8) is 0 Å². The second kappa shape index (κ2) is 5.17. The van der Waals surface area contributed by atoms with E-state index in [4.69, 9.17) is 9.72 Å². The van der Waals surface area contributed by atoms with Gasteiger partial charge in [0.25, 0.3) is 0 Å². The van der Waals surface area contributed by atoms with Gasteiger partial charge < -0.3 is 10.1 Å². The highest BCUT2D eigenvalue weighted by Crippen LogP contribution is 2.23. The van der Waals surface area contributed by atoms with E-state index in [0.717, 1.165) is 30.8 Å². The number of hydrogen-bond donors (Lipinski definition) is 1. The number of pyridine rings is 1. The fraction of sp³-hybridized carbons (Fsp3) is 0.438. The van der Waals surface area contributed by atoms with Crippen LogP contribution in [0.4, 0.5) is 5.82 Å². The van der Waals surface area contributed by atoms with E-state index in [1.165, 1.54) is 10.9 Å². The minimum atomic E-state index is 0.340. The SMILES string of the molecule is Cc1cc2ccccc2nc1NC1CCOC(C)C1. The van der Waals surface area contributed by atoms with Crippen molar-refractivity contribution in [3.8, 4) is 0 Å². The molecule has 2 atom stereocenters. The number of benzene rings is 1. The molecule has 0 spiro atoms. The number of anilines is 1. The third-order valence-electron chi connectivity index (χ3n) is 3.74. The van der Waals surface area contributed by atoms with Crippen molar-refractivity contribution < 1.29 is 4.74 Å². The summed E-state index contributed by atoms with van der Waals surface area (Å²) in [5.74, 6) is 1.01. The van der Waals surface area contributed by atoms with Gasteiger partial charge in [0.1, 0.15) is 5.82 Å². The molecule has 1 aliphatic heterocycles. The highest BCUT2D eigenvalue weighted by molar-refractivity contribution is 5.81. The fourth-order valence-electron chi connectivity index (χ4n) is 2.69. The minimum Gasteiger partial charge on any atom is -0.378 e. The number of para-hydroxylation sites is 1. The molecule has 100 valence electrons. The Hall–Kier alpha value is -1.61. The maximum absolute atomic E-state index is 5.59. The van der Waals surface area contributed by atoms with E-state index in [2.05, 4.69) is 43.4 Å². The molecular weight excluding hydrogens is 236 g/mol. The van der Waals surface area contributed by atoms with Crippen molar-refractivity contribution in [1.82, 2.24) is 4.98 Å². The lowest BCUT2D eigenvalue weighted by molar-refractivity contribution is 0.0231. The van der Waals surface area contributed by atoms with Crippen molar-refractivity contribution in [2.24, 2.45) is 0 Å². The van der Waals surface area contributed by atoms with Gasteiger partial charge in [-0.05, 0) is 44.4 Å². The number of nitrogens with one attached hydrogen (secondary N) is 1. The third-order valence-corrected chi connectivity index (χ3v) is 3.74. The minimum absolute atomic E-state index is 0.340. The van der Waals surface area contributed by atoms with Crippen LogP contribution in [-0.4, -0.2) is 23.7 Å². The molecule has 1 aromatic carbocycles. The van der Waals surface area contributed by atoms with Crippen molar-refractivity contribution >= 4 is 16.7 Å².